The van der Waals surface area contributed by atoms with Crippen LogP contribution in [0.4, 0.5) is 0 Å². The number of nitrogens with zero attached hydrogens (tertiary/aromatic N) is 1. The van der Waals surface area contributed by atoms with Crippen molar-refractivity contribution in [3.05, 3.63) is 0 Å². The number of alkyl halides is 1. The third-order valence-electron chi connectivity index (χ3n) is 2.33. The molecule has 0 bridgehead atoms. The van der Waals surface area contributed by atoms with Gasteiger partial charge in [0.05, 0.1) is 6.10 Å². The molecule has 0 aromatic heterocycles. The van der Waals surface area contributed by atoms with E-state index in [2.05, 4.69) is 11.8 Å². The number of rotatable bonds is 5. The lowest BCUT2D eigenvalue weighted by Crippen LogP contribution is -2.33. The van der Waals surface area contributed by atoms with E-state index in [1.807, 2.05) is 0 Å². The maximum Gasteiger partial charge on any atom is 0.0702 e. The molecule has 0 radical (unpaired) electrons. The first-order valence-corrected chi connectivity index (χ1v) is 5.30. The van der Waals surface area contributed by atoms with Gasteiger partial charge in [-0.15, -0.1) is 11.6 Å². The maximum absolute atomic E-state index is 5.68. The fourth-order valence-corrected chi connectivity index (χ4v) is 1.81. The molecule has 1 atom stereocenters. The first-order chi connectivity index (χ1) is 5.86. The average Bonchev–Trinajstić information content (AvgIpc) is 2.56. The van der Waals surface area contributed by atoms with Crippen LogP contribution in [-0.2, 0) is 4.74 Å². The molecule has 0 aromatic rings. The number of hydrogen-bond donors (Lipinski definition) is 0. The highest BCUT2D eigenvalue weighted by Gasteiger charge is 2.17. The minimum atomic E-state index is 0.466. The minimum Gasteiger partial charge on any atom is -0.377 e. The molecular formula is C9H18ClNO. The van der Waals surface area contributed by atoms with E-state index in [9.17, 15) is 0 Å². The van der Waals surface area contributed by atoms with Gasteiger partial charge in [0.1, 0.15) is 0 Å². The highest BCUT2D eigenvalue weighted by molar-refractivity contribution is 6.18. The molecule has 1 unspecified atom stereocenters. The van der Waals surface area contributed by atoms with Gasteiger partial charge in [0.15, 0.2) is 0 Å². The topological polar surface area (TPSA) is 12.5 Å². The second kappa shape index (κ2) is 5.79. The van der Waals surface area contributed by atoms with E-state index < -0.39 is 0 Å². The Bertz CT molecular complexity index is 115. The van der Waals surface area contributed by atoms with Crippen molar-refractivity contribution in [2.24, 2.45) is 0 Å². The van der Waals surface area contributed by atoms with Crippen LogP contribution < -0.4 is 0 Å². The van der Waals surface area contributed by atoms with E-state index in [4.69, 9.17) is 16.3 Å². The first kappa shape index (κ1) is 10.3. The van der Waals surface area contributed by atoms with Gasteiger partial charge >= 0.3 is 0 Å². The molecule has 1 saturated heterocycles. The quantitative estimate of drug-likeness (QED) is 0.614. The van der Waals surface area contributed by atoms with Gasteiger partial charge in [0, 0.05) is 25.6 Å². The molecule has 72 valence electrons. The van der Waals surface area contributed by atoms with Crippen LogP contribution in [0.1, 0.15) is 19.8 Å². The predicted molar refractivity (Wildman–Crippen MR) is 51.8 cm³/mol. The third kappa shape index (κ3) is 3.30. The van der Waals surface area contributed by atoms with Crippen LogP contribution in [0.2, 0.25) is 0 Å². The van der Waals surface area contributed by atoms with Crippen LogP contribution in [-0.4, -0.2) is 43.1 Å². The van der Waals surface area contributed by atoms with E-state index in [1.165, 1.54) is 12.8 Å². The number of likely N-dealkylation sites (N-methyl/N-ethyl adjacent to an activating group) is 1. The van der Waals surface area contributed by atoms with Crippen molar-refractivity contribution in [3.8, 4) is 0 Å². The molecule has 12 heavy (non-hydrogen) atoms. The second-order valence-electron chi connectivity index (χ2n) is 3.22. The van der Waals surface area contributed by atoms with Gasteiger partial charge in [-0.1, -0.05) is 6.92 Å². The van der Waals surface area contributed by atoms with Crippen molar-refractivity contribution in [1.29, 1.82) is 0 Å². The Morgan fingerprint density at radius 2 is 2.42 bits per heavy atom. The normalized spacial score (nSPS) is 23.8. The van der Waals surface area contributed by atoms with Gasteiger partial charge in [0.2, 0.25) is 0 Å². The van der Waals surface area contributed by atoms with Crippen molar-refractivity contribution in [1.82, 2.24) is 4.90 Å². The van der Waals surface area contributed by atoms with Crippen molar-refractivity contribution in [3.63, 3.8) is 0 Å². The summed E-state index contributed by atoms with van der Waals surface area (Å²) >= 11 is 5.68. The summed E-state index contributed by atoms with van der Waals surface area (Å²) in [6.07, 6.45) is 2.91. The Balaban J connectivity index is 2.16. The summed E-state index contributed by atoms with van der Waals surface area (Å²) in [5, 5.41) is 0. The van der Waals surface area contributed by atoms with E-state index >= 15 is 0 Å². The molecular weight excluding hydrogens is 174 g/mol. The van der Waals surface area contributed by atoms with Gasteiger partial charge < -0.3 is 4.74 Å². The largest absolute Gasteiger partial charge is 0.377 e. The molecule has 0 spiro atoms. The summed E-state index contributed by atoms with van der Waals surface area (Å²) < 4.78 is 5.55. The lowest BCUT2D eigenvalue weighted by atomic mass is 10.2. The van der Waals surface area contributed by atoms with Crippen LogP contribution in [0, 0.1) is 0 Å². The lowest BCUT2D eigenvalue weighted by molar-refractivity contribution is 0.0768. The Morgan fingerprint density at radius 1 is 1.58 bits per heavy atom. The molecule has 1 rings (SSSR count). The van der Waals surface area contributed by atoms with E-state index in [1.54, 1.807) is 0 Å². The van der Waals surface area contributed by atoms with Gasteiger partial charge in [-0.3, -0.25) is 4.90 Å². The van der Waals surface area contributed by atoms with Crippen molar-refractivity contribution in [2.45, 2.75) is 25.9 Å². The fraction of sp³-hybridized carbons (Fsp3) is 1.00. The van der Waals surface area contributed by atoms with Crippen molar-refractivity contribution >= 4 is 11.6 Å². The molecule has 1 aliphatic rings. The summed E-state index contributed by atoms with van der Waals surface area (Å²) in [6.45, 7) is 6.23. The zero-order chi connectivity index (χ0) is 8.81. The number of hydrogen-bond acceptors (Lipinski definition) is 2. The van der Waals surface area contributed by atoms with Crippen LogP contribution in [0.3, 0.4) is 0 Å². The fourth-order valence-electron chi connectivity index (χ4n) is 1.57. The van der Waals surface area contributed by atoms with E-state index in [-0.39, 0.29) is 0 Å². The van der Waals surface area contributed by atoms with E-state index in [0.29, 0.717) is 6.10 Å². The molecule has 0 saturated carbocycles. The number of ether oxygens (including phenoxy) is 1. The standard InChI is InChI=1S/C9H18ClNO/c1-2-11(6-5-10)8-9-4-3-7-12-9/h9H,2-8H2,1H3. The molecule has 2 nitrogen and oxygen atoms in total. The van der Waals surface area contributed by atoms with Gasteiger partial charge in [-0.05, 0) is 19.4 Å². The Kier molecular flexibility index (Phi) is 4.96. The molecule has 0 amide bonds. The molecule has 1 fully saturated rings. The molecule has 3 heteroatoms. The average molecular weight is 192 g/mol. The monoisotopic (exact) mass is 191 g/mol. The molecule has 1 aliphatic heterocycles. The summed E-state index contributed by atoms with van der Waals surface area (Å²) in [4.78, 5) is 2.35. The summed E-state index contributed by atoms with van der Waals surface area (Å²) in [7, 11) is 0. The van der Waals surface area contributed by atoms with Crippen LogP contribution in [0.15, 0.2) is 0 Å². The SMILES string of the molecule is CCN(CCCl)CC1CCCO1. The van der Waals surface area contributed by atoms with Crippen LogP contribution >= 0.6 is 11.6 Å². The van der Waals surface area contributed by atoms with Gasteiger partial charge in [-0.2, -0.15) is 0 Å². The first-order valence-electron chi connectivity index (χ1n) is 4.76. The third-order valence-corrected chi connectivity index (χ3v) is 2.50. The van der Waals surface area contributed by atoms with Gasteiger partial charge in [-0.25, -0.2) is 0 Å². The zero-order valence-electron chi connectivity index (χ0n) is 7.76. The molecule has 0 N–H and O–H groups in total. The second-order valence-corrected chi connectivity index (χ2v) is 3.60. The van der Waals surface area contributed by atoms with E-state index in [0.717, 1.165) is 32.1 Å². The summed E-state index contributed by atoms with van der Waals surface area (Å²) in [5.41, 5.74) is 0. The molecule has 0 aliphatic carbocycles. The predicted octanol–water partition coefficient (Wildman–Crippen LogP) is 1.73. The van der Waals surface area contributed by atoms with Crippen molar-refractivity contribution < 1.29 is 4.74 Å². The molecule has 1 heterocycles. The smallest absolute Gasteiger partial charge is 0.0702 e. The summed E-state index contributed by atoms with van der Waals surface area (Å²) in [6, 6.07) is 0. The van der Waals surface area contributed by atoms with Gasteiger partial charge in [0.25, 0.3) is 0 Å². The Morgan fingerprint density at radius 3 is 2.92 bits per heavy atom. The maximum atomic E-state index is 5.68. The highest BCUT2D eigenvalue weighted by atomic mass is 35.5. The highest BCUT2D eigenvalue weighted by Crippen LogP contribution is 2.13. The van der Waals surface area contributed by atoms with Crippen molar-refractivity contribution in [2.75, 3.05) is 32.1 Å². The number of halogens is 1. The van der Waals surface area contributed by atoms with Crippen LogP contribution in [0.25, 0.3) is 0 Å². The zero-order valence-corrected chi connectivity index (χ0v) is 8.52. The molecule has 0 aromatic carbocycles. The summed E-state index contributed by atoms with van der Waals surface area (Å²) in [5.74, 6) is 0.723. The minimum absolute atomic E-state index is 0.466. The van der Waals surface area contributed by atoms with Crippen LogP contribution in [0.5, 0.6) is 0 Å². The lowest BCUT2D eigenvalue weighted by Gasteiger charge is -2.22. The Labute approximate surface area is 79.8 Å². The Hall–Kier alpha value is 0.210.